The number of rotatable bonds is 3. The zero-order valence-electron chi connectivity index (χ0n) is 12.3. The number of hydrogen-bond acceptors (Lipinski definition) is 2. The molecule has 3 aromatic carbocycles. The third kappa shape index (κ3) is 3.49. The van der Waals surface area contributed by atoms with E-state index in [4.69, 9.17) is 4.74 Å². The molecule has 0 bridgehead atoms. The van der Waals surface area contributed by atoms with E-state index in [1.165, 1.54) is 7.11 Å². The molecule has 0 aliphatic heterocycles. The highest BCUT2D eigenvalue weighted by Crippen LogP contribution is 2.32. The molecule has 0 atom stereocenters. The third-order valence-corrected chi connectivity index (χ3v) is 3.61. The smallest absolute Gasteiger partial charge is 0.337 e. The monoisotopic (exact) mass is 304 g/mol. The number of hydrogen-bond donors (Lipinski definition) is 0. The highest BCUT2D eigenvalue weighted by Gasteiger charge is 2.10. The first-order valence-corrected chi connectivity index (χ1v) is 7.13. The van der Waals surface area contributed by atoms with E-state index in [-0.39, 0.29) is 13.4 Å². The Kier molecular flexibility index (Phi) is 5.32. The maximum Gasteiger partial charge on any atom is 0.337 e. The zero-order chi connectivity index (χ0) is 15.4. The second-order valence-electron chi connectivity index (χ2n) is 4.98. The first-order valence-electron chi connectivity index (χ1n) is 7.13. The molecule has 0 N–H and O–H groups in total. The van der Waals surface area contributed by atoms with Gasteiger partial charge in [-0.25, -0.2) is 4.79 Å². The summed E-state index contributed by atoms with van der Waals surface area (Å²) in [6, 6.07) is 25.9. The van der Waals surface area contributed by atoms with Gasteiger partial charge in [0.25, 0.3) is 0 Å². The number of methoxy groups -OCH3 is 1. The number of esters is 1. The largest absolute Gasteiger partial charge is 0.465 e. The molecule has 0 amide bonds. The normalized spacial score (nSPS) is 9.78. The van der Waals surface area contributed by atoms with E-state index < -0.39 is 0 Å². The Morgan fingerprint density at radius 1 is 0.739 bits per heavy atom. The lowest BCUT2D eigenvalue weighted by molar-refractivity contribution is 0.0601. The fraction of sp³-hybridized carbons (Fsp3) is 0.0952. The average molecular weight is 304 g/mol. The van der Waals surface area contributed by atoms with Crippen LogP contribution < -0.4 is 0 Å². The van der Waals surface area contributed by atoms with Crippen molar-refractivity contribution in [1.82, 2.24) is 0 Å². The molecule has 3 rings (SSSR count). The lowest BCUT2D eigenvalue weighted by atomic mass is 9.94. The van der Waals surface area contributed by atoms with Gasteiger partial charge in [0.05, 0.1) is 12.7 Å². The fourth-order valence-corrected chi connectivity index (χ4v) is 2.54. The summed E-state index contributed by atoms with van der Waals surface area (Å²) in [5, 5.41) is 0. The lowest BCUT2D eigenvalue weighted by Crippen LogP contribution is -2.00. The summed E-state index contributed by atoms with van der Waals surface area (Å²) >= 11 is 0. The van der Waals surface area contributed by atoms with Gasteiger partial charge < -0.3 is 4.74 Å². The van der Waals surface area contributed by atoms with Crippen LogP contribution >= 0.6 is 0 Å². The summed E-state index contributed by atoms with van der Waals surface area (Å²) in [4.78, 5) is 11.7. The maximum absolute atomic E-state index is 11.7. The topological polar surface area (TPSA) is 26.3 Å². The van der Waals surface area contributed by atoms with Crippen molar-refractivity contribution >= 4 is 5.97 Å². The molecule has 2 nitrogen and oxygen atoms in total. The van der Waals surface area contributed by atoms with E-state index in [1.807, 2.05) is 48.5 Å². The molecule has 0 saturated carbocycles. The van der Waals surface area contributed by atoms with Crippen LogP contribution in [-0.2, 0) is 4.74 Å². The molecule has 0 spiro atoms. The van der Waals surface area contributed by atoms with Crippen LogP contribution in [0.1, 0.15) is 17.8 Å². The van der Waals surface area contributed by atoms with Gasteiger partial charge in [-0.15, -0.1) is 0 Å². The van der Waals surface area contributed by atoms with Crippen LogP contribution in [0, 0.1) is 0 Å². The van der Waals surface area contributed by atoms with Crippen molar-refractivity contribution in [3.8, 4) is 22.3 Å². The molecule has 0 aliphatic carbocycles. The van der Waals surface area contributed by atoms with Crippen LogP contribution in [0.4, 0.5) is 0 Å². The second-order valence-corrected chi connectivity index (χ2v) is 4.98. The molecule has 0 fully saturated rings. The molecule has 2 heteroatoms. The summed E-state index contributed by atoms with van der Waals surface area (Å²) in [5.41, 5.74) is 4.95. The van der Waals surface area contributed by atoms with Gasteiger partial charge in [0.2, 0.25) is 0 Å². The van der Waals surface area contributed by atoms with Gasteiger partial charge in [0.15, 0.2) is 0 Å². The molecule has 3 aromatic rings. The highest BCUT2D eigenvalue weighted by molar-refractivity contribution is 5.92. The fourth-order valence-electron chi connectivity index (χ4n) is 2.54. The highest BCUT2D eigenvalue weighted by atomic mass is 16.5. The van der Waals surface area contributed by atoms with Crippen LogP contribution in [0.25, 0.3) is 22.3 Å². The quantitative estimate of drug-likeness (QED) is 0.602. The first kappa shape index (κ1) is 16.5. The van der Waals surface area contributed by atoms with Gasteiger partial charge in [-0.2, -0.15) is 0 Å². The summed E-state index contributed by atoms with van der Waals surface area (Å²) in [7, 11) is 1.40. The maximum atomic E-state index is 11.7. The molecule has 116 valence electrons. The van der Waals surface area contributed by atoms with Crippen LogP contribution in [0.5, 0.6) is 0 Å². The Labute approximate surface area is 137 Å². The van der Waals surface area contributed by atoms with Crippen molar-refractivity contribution in [2.24, 2.45) is 0 Å². The second kappa shape index (κ2) is 7.41. The van der Waals surface area contributed by atoms with Crippen molar-refractivity contribution < 1.29 is 9.53 Å². The standard InChI is InChI=1S/C20H16O2.CH4/c1-22-20(21)17-11-7-10-16(14-17)19-13-6-5-12-18(19)15-8-3-2-4-9-15;/h2-14H,1H3;1H4. The van der Waals surface area contributed by atoms with Gasteiger partial charge in [0.1, 0.15) is 0 Å². The first-order chi connectivity index (χ1) is 10.8. The SMILES string of the molecule is C.COC(=O)c1cccc(-c2ccccc2-c2ccccc2)c1. The van der Waals surface area contributed by atoms with Crippen molar-refractivity contribution in [3.63, 3.8) is 0 Å². The molecule has 0 radical (unpaired) electrons. The Balaban J connectivity index is 0.00000192. The summed E-state index contributed by atoms with van der Waals surface area (Å²) in [6.45, 7) is 0. The van der Waals surface area contributed by atoms with Crippen molar-refractivity contribution in [1.29, 1.82) is 0 Å². The molecule has 23 heavy (non-hydrogen) atoms. The predicted octanol–water partition coefficient (Wildman–Crippen LogP) is 5.44. The Hall–Kier alpha value is -2.87. The van der Waals surface area contributed by atoms with Crippen LogP contribution in [0.15, 0.2) is 78.9 Å². The summed E-state index contributed by atoms with van der Waals surface area (Å²) < 4.78 is 4.80. The van der Waals surface area contributed by atoms with E-state index in [9.17, 15) is 4.79 Å². The minimum absolute atomic E-state index is 0. The molecular formula is C21H20O2. The van der Waals surface area contributed by atoms with Crippen LogP contribution in [0.2, 0.25) is 0 Å². The Bertz CT molecular complexity index is 792. The minimum atomic E-state index is -0.320. The number of benzene rings is 3. The third-order valence-electron chi connectivity index (χ3n) is 3.61. The van der Waals surface area contributed by atoms with E-state index >= 15 is 0 Å². The van der Waals surface area contributed by atoms with Crippen LogP contribution in [-0.4, -0.2) is 13.1 Å². The van der Waals surface area contributed by atoms with E-state index in [2.05, 4.69) is 24.3 Å². The van der Waals surface area contributed by atoms with E-state index in [1.54, 1.807) is 6.07 Å². The Morgan fingerprint density at radius 2 is 1.30 bits per heavy atom. The molecule has 0 aliphatic rings. The Morgan fingerprint density at radius 3 is 1.96 bits per heavy atom. The summed E-state index contributed by atoms with van der Waals surface area (Å²) in [5.74, 6) is -0.320. The van der Waals surface area contributed by atoms with Gasteiger partial charge in [-0.3, -0.25) is 0 Å². The molecular weight excluding hydrogens is 284 g/mol. The lowest BCUT2D eigenvalue weighted by Gasteiger charge is -2.11. The van der Waals surface area contributed by atoms with E-state index in [0.717, 1.165) is 22.3 Å². The van der Waals surface area contributed by atoms with Crippen molar-refractivity contribution in [3.05, 3.63) is 84.4 Å². The van der Waals surface area contributed by atoms with Crippen molar-refractivity contribution in [2.75, 3.05) is 7.11 Å². The molecule has 0 aromatic heterocycles. The molecule has 0 saturated heterocycles. The zero-order valence-corrected chi connectivity index (χ0v) is 12.3. The van der Waals surface area contributed by atoms with Gasteiger partial charge in [-0.1, -0.05) is 74.2 Å². The van der Waals surface area contributed by atoms with Gasteiger partial charge >= 0.3 is 5.97 Å². The number of carbonyl (C=O) groups is 1. The summed E-state index contributed by atoms with van der Waals surface area (Å²) in [6.07, 6.45) is 0. The van der Waals surface area contributed by atoms with Gasteiger partial charge in [-0.05, 0) is 34.4 Å². The minimum Gasteiger partial charge on any atom is -0.465 e. The number of carbonyl (C=O) groups excluding carboxylic acids is 1. The number of ether oxygens (including phenoxy) is 1. The molecule has 0 heterocycles. The predicted molar refractivity (Wildman–Crippen MR) is 95.4 cm³/mol. The molecule has 0 unspecified atom stereocenters. The average Bonchev–Trinajstić information content (AvgIpc) is 2.62. The van der Waals surface area contributed by atoms with Crippen molar-refractivity contribution in [2.45, 2.75) is 7.43 Å². The van der Waals surface area contributed by atoms with Gasteiger partial charge in [0, 0.05) is 0 Å². The van der Waals surface area contributed by atoms with E-state index in [0.29, 0.717) is 5.56 Å². The van der Waals surface area contributed by atoms with Crippen LogP contribution in [0.3, 0.4) is 0 Å².